The second kappa shape index (κ2) is 12.0. The third kappa shape index (κ3) is 6.05. The lowest BCUT2D eigenvalue weighted by Gasteiger charge is -2.40. The van der Waals surface area contributed by atoms with E-state index < -0.39 is 11.2 Å². The van der Waals surface area contributed by atoms with E-state index >= 15 is 0 Å². The van der Waals surface area contributed by atoms with Crippen molar-refractivity contribution in [1.82, 2.24) is 4.90 Å². The van der Waals surface area contributed by atoms with E-state index in [1.807, 2.05) is 60.7 Å². The number of amides is 1. The molecule has 3 aromatic carbocycles. The number of primary amides is 1. The Labute approximate surface area is 213 Å². The molecule has 3 aromatic rings. The predicted molar refractivity (Wildman–Crippen MR) is 142 cm³/mol. The number of carbonyl (C=O) groups is 1. The topological polar surface area (TPSA) is 75.8 Å². The molecule has 0 unspecified atom stereocenters. The van der Waals surface area contributed by atoms with E-state index in [0.29, 0.717) is 6.42 Å². The molecule has 192 valence electrons. The number of likely N-dealkylation sites (tertiary alicyclic amines) is 1. The van der Waals surface area contributed by atoms with Gasteiger partial charge in [0.1, 0.15) is 0 Å². The van der Waals surface area contributed by atoms with Gasteiger partial charge in [0.15, 0.2) is 11.5 Å². The van der Waals surface area contributed by atoms with Crippen molar-refractivity contribution in [3.63, 3.8) is 0 Å². The second-order valence-electron chi connectivity index (χ2n) is 9.80. The lowest BCUT2D eigenvalue weighted by Crippen LogP contribution is -2.47. The van der Waals surface area contributed by atoms with Crippen LogP contribution < -0.4 is 10.5 Å². The number of halogens is 1. The van der Waals surface area contributed by atoms with Gasteiger partial charge in [0.25, 0.3) is 0 Å². The molecule has 36 heavy (non-hydrogen) atoms. The Morgan fingerprint density at radius 3 is 1.89 bits per heavy atom. The molecule has 0 radical (unpaired) electrons. The molecule has 0 atom stereocenters. The van der Waals surface area contributed by atoms with Crippen molar-refractivity contribution >= 4 is 5.91 Å². The molecule has 1 aliphatic rings. The largest absolute Gasteiger partial charge is 0.505 e. The van der Waals surface area contributed by atoms with Crippen LogP contribution in [0.3, 0.4) is 0 Å². The van der Waals surface area contributed by atoms with Crippen LogP contribution in [0.1, 0.15) is 50.7 Å². The molecule has 0 aliphatic carbocycles. The number of benzene rings is 3. The highest BCUT2D eigenvalue weighted by molar-refractivity contribution is 5.90. The molecule has 5 nitrogen and oxygen atoms in total. The Balaban J connectivity index is 0.000000303. The van der Waals surface area contributed by atoms with E-state index in [-0.39, 0.29) is 22.9 Å². The first-order chi connectivity index (χ1) is 17.2. The number of nitrogens with two attached hydrogens (primary N) is 1. The third-order valence-corrected chi connectivity index (χ3v) is 7.19. The van der Waals surface area contributed by atoms with Gasteiger partial charge in [0.05, 0.1) is 12.5 Å². The molecule has 0 saturated carbocycles. The number of rotatable bonds is 8. The summed E-state index contributed by atoms with van der Waals surface area (Å²) in [6.07, 6.45) is 4.16. The second-order valence-corrected chi connectivity index (χ2v) is 9.80. The van der Waals surface area contributed by atoms with E-state index in [0.717, 1.165) is 30.6 Å². The number of phenolic OH excluding ortho intramolecular Hbond substituents is 1. The van der Waals surface area contributed by atoms with Crippen molar-refractivity contribution in [3.05, 3.63) is 95.8 Å². The van der Waals surface area contributed by atoms with Crippen molar-refractivity contribution in [2.45, 2.75) is 50.5 Å². The lowest BCUT2D eigenvalue weighted by atomic mass is 9.69. The Morgan fingerprint density at radius 2 is 1.44 bits per heavy atom. The van der Waals surface area contributed by atoms with Gasteiger partial charge in [0, 0.05) is 5.54 Å². The van der Waals surface area contributed by atoms with Crippen LogP contribution in [-0.4, -0.2) is 41.7 Å². The maximum Gasteiger partial charge on any atom is 0.232 e. The van der Waals surface area contributed by atoms with Gasteiger partial charge >= 0.3 is 0 Å². The molecule has 3 N–H and O–H groups in total. The van der Waals surface area contributed by atoms with Gasteiger partial charge < -0.3 is 15.6 Å². The molecule has 0 bridgehead atoms. The van der Waals surface area contributed by atoms with Crippen molar-refractivity contribution in [3.8, 4) is 11.5 Å². The van der Waals surface area contributed by atoms with E-state index in [4.69, 9.17) is 10.8 Å². The van der Waals surface area contributed by atoms with Crippen LogP contribution in [0.25, 0.3) is 0 Å². The molecule has 4 rings (SSSR count). The average Bonchev–Trinajstić information content (AvgIpc) is 3.44. The lowest BCUT2D eigenvalue weighted by molar-refractivity contribution is -0.122. The summed E-state index contributed by atoms with van der Waals surface area (Å²) in [5, 5.41) is 8.78. The standard InChI is InChI=1S/C23H30N2O.C7H7FO2/c1-22(2,25-17-9-10-18-25)15-16-23(21(24)26,19-11-5-3-6-12-19)20-13-7-4-8-14-20;1-10-6-4-2-3-5(9)7(6)8/h3-8,11-14H,9-10,15-18H2,1-2H3,(H2,24,26);2-4,9H,1H3. The van der Waals surface area contributed by atoms with Crippen molar-refractivity contribution in [2.24, 2.45) is 5.73 Å². The van der Waals surface area contributed by atoms with Crippen LogP contribution in [0.15, 0.2) is 78.9 Å². The first-order valence-electron chi connectivity index (χ1n) is 12.4. The van der Waals surface area contributed by atoms with Crippen molar-refractivity contribution < 1.29 is 19.0 Å². The number of nitrogens with zero attached hydrogens (tertiary/aromatic N) is 1. The summed E-state index contributed by atoms with van der Waals surface area (Å²) >= 11 is 0. The number of hydrogen-bond donors (Lipinski definition) is 2. The highest BCUT2D eigenvalue weighted by Gasteiger charge is 2.42. The summed E-state index contributed by atoms with van der Waals surface area (Å²) in [5.41, 5.74) is 7.29. The van der Waals surface area contributed by atoms with Gasteiger partial charge in [-0.15, -0.1) is 0 Å². The Morgan fingerprint density at radius 1 is 0.917 bits per heavy atom. The molecule has 0 aromatic heterocycles. The number of ether oxygens (including phenoxy) is 1. The average molecular weight is 493 g/mol. The van der Waals surface area contributed by atoms with Gasteiger partial charge in [-0.05, 0) is 75.9 Å². The Bertz CT molecular complexity index is 1070. The first-order valence-corrected chi connectivity index (χ1v) is 12.4. The van der Waals surface area contributed by atoms with Crippen LogP contribution in [0.4, 0.5) is 4.39 Å². The summed E-state index contributed by atoms with van der Waals surface area (Å²) in [6.45, 7) is 6.88. The minimum atomic E-state index is -0.792. The molecule has 1 heterocycles. The number of methoxy groups -OCH3 is 1. The molecular formula is C30H37FN2O3. The number of carbonyl (C=O) groups excluding carboxylic acids is 1. The van der Waals surface area contributed by atoms with Crippen LogP contribution in [-0.2, 0) is 10.2 Å². The summed E-state index contributed by atoms with van der Waals surface area (Å²) in [4.78, 5) is 15.4. The fraction of sp³-hybridized carbons (Fsp3) is 0.367. The SMILES string of the molecule is CC(C)(CCC(C(N)=O)(c1ccccc1)c1ccccc1)N1CCCC1.COc1cccc(O)c1F. The molecule has 1 saturated heterocycles. The summed E-state index contributed by atoms with van der Waals surface area (Å²) < 4.78 is 17.2. The fourth-order valence-electron chi connectivity index (χ4n) is 4.94. The number of phenols is 1. The summed E-state index contributed by atoms with van der Waals surface area (Å²) in [7, 11) is 1.35. The van der Waals surface area contributed by atoms with E-state index in [1.54, 1.807) is 0 Å². The van der Waals surface area contributed by atoms with Gasteiger partial charge in [-0.1, -0.05) is 66.7 Å². The maximum atomic E-state index is 12.9. The molecular weight excluding hydrogens is 455 g/mol. The van der Waals surface area contributed by atoms with Crippen LogP contribution in [0.2, 0.25) is 0 Å². The molecule has 1 fully saturated rings. The number of hydrogen-bond acceptors (Lipinski definition) is 4. The Hall–Kier alpha value is -3.38. The maximum absolute atomic E-state index is 12.9. The quantitative estimate of drug-likeness (QED) is 0.426. The first kappa shape index (κ1) is 27.2. The zero-order chi connectivity index (χ0) is 26.2. The highest BCUT2D eigenvalue weighted by Crippen LogP contribution is 2.39. The smallest absolute Gasteiger partial charge is 0.232 e. The normalized spacial score (nSPS) is 14.1. The van der Waals surface area contributed by atoms with Crippen molar-refractivity contribution in [2.75, 3.05) is 20.2 Å². The number of aromatic hydroxyl groups is 1. The van der Waals surface area contributed by atoms with Crippen LogP contribution in [0, 0.1) is 5.82 Å². The molecule has 1 aliphatic heterocycles. The third-order valence-electron chi connectivity index (χ3n) is 7.19. The minimum absolute atomic E-state index is 0.0556. The molecule has 6 heteroatoms. The Kier molecular flexibility index (Phi) is 9.10. The summed E-state index contributed by atoms with van der Waals surface area (Å²) in [5.74, 6) is -1.32. The molecule has 0 spiro atoms. The summed E-state index contributed by atoms with van der Waals surface area (Å²) in [6, 6.07) is 24.2. The molecule has 1 amide bonds. The van der Waals surface area contributed by atoms with E-state index in [2.05, 4.69) is 23.5 Å². The minimum Gasteiger partial charge on any atom is -0.505 e. The zero-order valence-electron chi connectivity index (χ0n) is 21.4. The fourth-order valence-corrected chi connectivity index (χ4v) is 4.94. The van der Waals surface area contributed by atoms with Gasteiger partial charge in [-0.2, -0.15) is 4.39 Å². The predicted octanol–water partition coefficient (Wildman–Crippen LogP) is 5.65. The highest BCUT2D eigenvalue weighted by atomic mass is 19.1. The van der Waals surface area contributed by atoms with E-state index in [1.165, 1.54) is 38.2 Å². The van der Waals surface area contributed by atoms with Gasteiger partial charge in [-0.3, -0.25) is 9.69 Å². The van der Waals surface area contributed by atoms with E-state index in [9.17, 15) is 9.18 Å². The van der Waals surface area contributed by atoms with Crippen LogP contribution >= 0.6 is 0 Å². The monoisotopic (exact) mass is 492 g/mol. The zero-order valence-corrected chi connectivity index (χ0v) is 21.4. The van der Waals surface area contributed by atoms with Gasteiger partial charge in [-0.25, -0.2) is 0 Å². The van der Waals surface area contributed by atoms with Crippen molar-refractivity contribution in [1.29, 1.82) is 0 Å². The van der Waals surface area contributed by atoms with Crippen LogP contribution in [0.5, 0.6) is 11.5 Å². The van der Waals surface area contributed by atoms with Gasteiger partial charge in [0.2, 0.25) is 11.7 Å².